The van der Waals surface area contributed by atoms with Crippen molar-refractivity contribution in [2.75, 3.05) is 37.3 Å². The maximum atomic E-state index is 13.7. The van der Waals surface area contributed by atoms with Crippen LogP contribution in [0, 0.1) is 15.9 Å². The van der Waals surface area contributed by atoms with Crippen molar-refractivity contribution in [2.24, 2.45) is 0 Å². The van der Waals surface area contributed by atoms with E-state index in [-0.39, 0.29) is 27.2 Å². The average Bonchev–Trinajstić information content (AvgIpc) is 3.10. The zero-order valence-corrected chi connectivity index (χ0v) is 16.6. The molecule has 1 aromatic heterocycles. The summed E-state index contributed by atoms with van der Waals surface area (Å²) in [4.78, 5) is 26.4. The van der Waals surface area contributed by atoms with E-state index in [4.69, 9.17) is 0 Å². The summed E-state index contributed by atoms with van der Waals surface area (Å²) in [5, 5.41) is 11.6. The molecule has 1 amide bonds. The van der Waals surface area contributed by atoms with Gasteiger partial charge in [0.2, 0.25) is 5.91 Å². The quantitative estimate of drug-likeness (QED) is 0.535. The van der Waals surface area contributed by atoms with E-state index in [1.807, 2.05) is 0 Å². The van der Waals surface area contributed by atoms with Crippen LogP contribution >= 0.6 is 11.3 Å². The summed E-state index contributed by atoms with van der Waals surface area (Å²) in [7, 11) is -3.55. The van der Waals surface area contributed by atoms with Gasteiger partial charge >= 0.3 is 5.69 Å². The van der Waals surface area contributed by atoms with E-state index in [0.717, 1.165) is 23.7 Å². The number of amides is 1. The Morgan fingerprint density at radius 3 is 2.46 bits per heavy atom. The third-order valence-electron chi connectivity index (χ3n) is 4.45. The number of hydrogen-bond acceptors (Lipinski definition) is 7. The van der Waals surface area contributed by atoms with Crippen LogP contribution in [0.5, 0.6) is 0 Å². The molecule has 0 saturated carbocycles. The number of piperazine rings is 1. The highest BCUT2D eigenvalue weighted by Gasteiger charge is 2.30. The second-order valence-electron chi connectivity index (χ2n) is 6.42. The molecular formula is C17H18FN3O5S2. The van der Waals surface area contributed by atoms with Crippen LogP contribution in [0.25, 0.3) is 0 Å². The molecule has 2 heterocycles. The van der Waals surface area contributed by atoms with Crippen molar-refractivity contribution in [3.63, 3.8) is 0 Å². The Morgan fingerprint density at radius 2 is 1.89 bits per heavy atom. The van der Waals surface area contributed by atoms with Gasteiger partial charge in [0, 0.05) is 38.5 Å². The van der Waals surface area contributed by atoms with Crippen LogP contribution in [0.2, 0.25) is 0 Å². The SMILES string of the molecule is CS(=O)(=O)c1cc([N+](=O)[O-])c(N2CCN(C(=O)Cc3ccccc3F)CC2)s1. The number of nitrogens with zero attached hydrogens (tertiary/aromatic N) is 3. The van der Waals surface area contributed by atoms with E-state index in [0.29, 0.717) is 31.7 Å². The Labute approximate surface area is 165 Å². The number of carbonyl (C=O) groups is 1. The van der Waals surface area contributed by atoms with Crippen molar-refractivity contribution in [3.8, 4) is 0 Å². The lowest BCUT2D eigenvalue weighted by Crippen LogP contribution is -2.49. The van der Waals surface area contributed by atoms with Crippen molar-refractivity contribution in [2.45, 2.75) is 10.6 Å². The summed E-state index contributed by atoms with van der Waals surface area (Å²) in [5.74, 6) is -0.653. The van der Waals surface area contributed by atoms with E-state index in [9.17, 15) is 27.7 Å². The highest BCUT2D eigenvalue weighted by molar-refractivity contribution is 7.92. The minimum Gasteiger partial charge on any atom is -0.354 e. The normalized spacial score (nSPS) is 14.9. The molecule has 0 bridgehead atoms. The van der Waals surface area contributed by atoms with Gasteiger partial charge in [-0.25, -0.2) is 12.8 Å². The molecule has 1 aromatic carbocycles. The Hall–Kier alpha value is -2.53. The van der Waals surface area contributed by atoms with Gasteiger partial charge in [-0.2, -0.15) is 0 Å². The zero-order chi connectivity index (χ0) is 20.5. The van der Waals surface area contributed by atoms with Gasteiger partial charge < -0.3 is 9.80 Å². The number of anilines is 1. The smallest absolute Gasteiger partial charge is 0.305 e. The molecule has 11 heteroatoms. The molecule has 150 valence electrons. The molecule has 0 aliphatic carbocycles. The zero-order valence-electron chi connectivity index (χ0n) is 15.0. The van der Waals surface area contributed by atoms with Crippen molar-refractivity contribution >= 4 is 37.8 Å². The van der Waals surface area contributed by atoms with Gasteiger partial charge in [-0.1, -0.05) is 29.5 Å². The van der Waals surface area contributed by atoms with Gasteiger partial charge in [0.25, 0.3) is 0 Å². The first-order chi connectivity index (χ1) is 13.2. The first kappa shape index (κ1) is 20.2. The molecule has 2 aromatic rings. The van der Waals surface area contributed by atoms with Gasteiger partial charge in [0.05, 0.1) is 11.3 Å². The summed E-state index contributed by atoms with van der Waals surface area (Å²) in [6, 6.07) is 7.16. The molecule has 0 unspecified atom stereocenters. The number of hydrogen-bond donors (Lipinski definition) is 0. The van der Waals surface area contributed by atoms with Crippen LogP contribution in [0.4, 0.5) is 15.1 Å². The lowest BCUT2D eigenvalue weighted by molar-refractivity contribution is -0.383. The lowest BCUT2D eigenvalue weighted by atomic mass is 10.1. The molecule has 28 heavy (non-hydrogen) atoms. The summed E-state index contributed by atoms with van der Waals surface area (Å²) in [5.41, 5.74) is 0.0678. The second kappa shape index (κ2) is 7.84. The Balaban J connectivity index is 1.70. The number of nitro groups is 1. The van der Waals surface area contributed by atoms with Crippen molar-refractivity contribution in [1.29, 1.82) is 0 Å². The van der Waals surface area contributed by atoms with E-state index >= 15 is 0 Å². The molecule has 8 nitrogen and oxygen atoms in total. The van der Waals surface area contributed by atoms with Crippen molar-refractivity contribution in [3.05, 3.63) is 51.8 Å². The Kier molecular flexibility index (Phi) is 5.66. The molecule has 0 spiro atoms. The fraction of sp³-hybridized carbons (Fsp3) is 0.353. The Morgan fingerprint density at radius 1 is 1.25 bits per heavy atom. The van der Waals surface area contributed by atoms with E-state index in [2.05, 4.69) is 0 Å². The monoisotopic (exact) mass is 427 g/mol. The number of halogens is 1. The predicted octanol–water partition coefficient (Wildman–Crippen LogP) is 2.09. The lowest BCUT2D eigenvalue weighted by Gasteiger charge is -2.35. The van der Waals surface area contributed by atoms with E-state index in [1.165, 1.54) is 6.07 Å². The minimum absolute atomic E-state index is 0.0515. The third kappa shape index (κ3) is 4.30. The van der Waals surface area contributed by atoms with Crippen LogP contribution in [0.1, 0.15) is 5.56 Å². The molecule has 3 rings (SSSR count). The first-order valence-electron chi connectivity index (χ1n) is 8.41. The van der Waals surface area contributed by atoms with Gasteiger partial charge in [0.1, 0.15) is 10.0 Å². The summed E-state index contributed by atoms with van der Waals surface area (Å²) < 4.78 is 37.1. The van der Waals surface area contributed by atoms with Gasteiger partial charge in [-0.3, -0.25) is 14.9 Å². The maximum Gasteiger partial charge on any atom is 0.305 e. The van der Waals surface area contributed by atoms with Gasteiger partial charge in [-0.15, -0.1) is 0 Å². The molecule has 1 aliphatic heterocycles. The van der Waals surface area contributed by atoms with Crippen LogP contribution in [-0.4, -0.2) is 56.6 Å². The third-order valence-corrected chi connectivity index (χ3v) is 7.44. The molecule has 1 aliphatic rings. The minimum atomic E-state index is -3.55. The summed E-state index contributed by atoms with van der Waals surface area (Å²) in [6.45, 7) is 1.29. The molecule has 1 saturated heterocycles. The molecule has 0 atom stereocenters. The molecule has 0 N–H and O–H groups in total. The number of thiophene rings is 1. The highest BCUT2D eigenvalue weighted by atomic mass is 32.2. The molecule has 1 fully saturated rings. The van der Waals surface area contributed by atoms with E-state index < -0.39 is 20.6 Å². The maximum absolute atomic E-state index is 13.7. The van der Waals surface area contributed by atoms with E-state index in [1.54, 1.807) is 28.0 Å². The average molecular weight is 427 g/mol. The number of benzene rings is 1. The van der Waals surface area contributed by atoms with Crippen LogP contribution in [-0.2, 0) is 21.1 Å². The summed E-state index contributed by atoms with van der Waals surface area (Å²) in [6.07, 6.45) is 0.954. The fourth-order valence-electron chi connectivity index (χ4n) is 2.97. The predicted molar refractivity (Wildman–Crippen MR) is 103 cm³/mol. The standard InChI is InChI=1S/C17H18FN3O5S2/c1-28(25,26)16-11-14(21(23)24)17(27-16)20-8-6-19(7-9-20)15(22)10-12-4-2-3-5-13(12)18/h2-5,11H,6-10H2,1H3. The largest absolute Gasteiger partial charge is 0.354 e. The first-order valence-corrected chi connectivity index (χ1v) is 11.1. The summed E-state index contributed by atoms with van der Waals surface area (Å²) >= 11 is 0.859. The van der Waals surface area contributed by atoms with Gasteiger partial charge in [0.15, 0.2) is 14.8 Å². The van der Waals surface area contributed by atoms with Crippen molar-refractivity contribution in [1.82, 2.24) is 4.90 Å². The number of carbonyl (C=O) groups excluding carboxylic acids is 1. The molecular weight excluding hydrogens is 409 g/mol. The van der Waals surface area contributed by atoms with Crippen LogP contribution < -0.4 is 4.90 Å². The van der Waals surface area contributed by atoms with Crippen LogP contribution in [0.3, 0.4) is 0 Å². The highest BCUT2D eigenvalue weighted by Crippen LogP contribution is 2.40. The van der Waals surface area contributed by atoms with Gasteiger partial charge in [-0.05, 0) is 11.6 Å². The molecule has 0 radical (unpaired) electrons. The number of sulfone groups is 1. The Bertz CT molecular complexity index is 1010. The topological polar surface area (TPSA) is 101 Å². The second-order valence-corrected chi connectivity index (χ2v) is 9.69. The van der Waals surface area contributed by atoms with Crippen LogP contribution in [0.15, 0.2) is 34.5 Å². The number of rotatable bonds is 5. The van der Waals surface area contributed by atoms with Crippen molar-refractivity contribution < 1.29 is 22.5 Å². The fourth-order valence-corrected chi connectivity index (χ4v) is 5.04.